The monoisotopic (exact) mass is 338 g/mol. The van der Waals surface area contributed by atoms with E-state index >= 15 is 0 Å². The van der Waals surface area contributed by atoms with E-state index in [0.717, 1.165) is 17.7 Å². The van der Waals surface area contributed by atoms with E-state index in [2.05, 4.69) is 5.32 Å². The number of hydrogen-bond acceptors (Lipinski definition) is 4. The maximum Gasteiger partial charge on any atom is 0.407 e. The number of carbonyl (C=O) groups is 2. The van der Waals surface area contributed by atoms with Gasteiger partial charge in [-0.15, -0.1) is 11.8 Å². The molecule has 0 spiro atoms. The van der Waals surface area contributed by atoms with E-state index in [0.29, 0.717) is 12.4 Å². The molecule has 0 heterocycles. The molecular formula is C17H26N2O3S. The van der Waals surface area contributed by atoms with Crippen molar-refractivity contribution in [2.24, 2.45) is 0 Å². The molecular weight excluding hydrogens is 312 g/mol. The fraction of sp³-hybridized carbons (Fsp3) is 0.529. The summed E-state index contributed by atoms with van der Waals surface area (Å²) in [5.74, 6) is 0.601. The van der Waals surface area contributed by atoms with Crippen LogP contribution in [0.4, 0.5) is 4.79 Å². The van der Waals surface area contributed by atoms with Gasteiger partial charge in [-0.2, -0.15) is 0 Å². The zero-order valence-electron chi connectivity index (χ0n) is 14.1. The summed E-state index contributed by atoms with van der Waals surface area (Å²) in [5.41, 5.74) is 0. The van der Waals surface area contributed by atoms with E-state index in [1.165, 1.54) is 4.90 Å². The van der Waals surface area contributed by atoms with Crippen LogP contribution in [-0.2, 0) is 9.53 Å². The average molecular weight is 338 g/mol. The number of carbonyl (C=O) groups excluding carboxylic acids is 2. The van der Waals surface area contributed by atoms with E-state index in [-0.39, 0.29) is 18.4 Å². The molecule has 1 aromatic rings. The highest BCUT2D eigenvalue weighted by atomic mass is 32.2. The van der Waals surface area contributed by atoms with Crippen molar-refractivity contribution < 1.29 is 14.3 Å². The van der Waals surface area contributed by atoms with Crippen molar-refractivity contribution in [3.05, 3.63) is 30.3 Å². The van der Waals surface area contributed by atoms with E-state index in [4.69, 9.17) is 4.74 Å². The van der Waals surface area contributed by atoms with Gasteiger partial charge in [-0.1, -0.05) is 31.5 Å². The number of benzene rings is 1. The fourth-order valence-corrected chi connectivity index (χ4v) is 2.72. The first kappa shape index (κ1) is 19.4. The van der Waals surface area contributed by atoms with E-state index < -0.39 is 6.09 Å². The standard InChI is InChI=1S/C17H26N2O3S/c1-4-5-11-22-17(21)18-14(12-16(20)19(2)3)13-23-15-9-7-6-8-10-15/h6-10,14H,4-5,11-13H2,1-3H3,(H,18,21)/t14-/m1/s1. The van der Waals surface area contributed by atoms with Crippen molar-refractivity contribution in [3.8, 4) is 0 Å². The quantitative estimate of drug-likeness (QED) is 0.555. The van der Waals surface area contributed by atoms with E-state index in [9.17, 15) is 9.59 Å². The number of ether oxygens (including phenoxy) is 1. The first-order valence-electron chi connectivity index (χ1n) is 7.84. The predicted octanol–water partition coefficient (Wildman–Crippen LogP) is 3.15. The van der Waals surface area contributed by atoms with Crippen molar-refractivity contribution in [1.82, 2.24) is 10.2 Å². The second-order valence-corrected chi connectivity index (χ2v) is 6.54. The molecule has 0 bridgehead atoms. The molecule has 0 saturated carbocycles. The molecule has 2 amide bonds. The third-order valence-electron chi connectivity index (χ3n) is 3.17. The summed E-state index contributed by atoms with van der Waals surface area (Å²) in [4.78, 5) is 26.4. The van der Waals surface area contributed by atoms with Gasteiger partial charge in [-0.3, -0.25) is 4.79 Å². The number of thioether (sulfide) groups is 1. The number of nitrogens with zero attached hydrogens (tertiary/aromatic N) is 1. The van der Waals surface area contributed by atoms with Crippen molar-refractivity contribution >= 4 is 23.8 Å². The van der Waals surface area contributed by atoms with Crippen LogP contribution in [0.25, 0.3) is 0 Å². The molecule has 0 aliphatic rings. The van der Waals surface area contributed by atoms with E-state index in [1.807, 2.05) is 37.3 Å². The van der Waals surface area contributed by atoms with Crippen LogP contribution < -0.4 is 5.32 Å². The molecule has 5 nitrogen and oxygen atoms in total. The van der Waals surface area contributed by atoms with Gasteiger partial charge in [0.25, 0.3) is 0 Å². The van der Waals surface area contributed by atoms with Crippen LogP contribution in [0.2, 0.25) is 0 Å². The van der Waals surface area contributed by atoms with Crippen LogP contribution in [0.1, 0.15) is 26.2 Å². The summed E-state index contributed by atoms with van der Waals surface area (Å²) in [7, 11) is 3.42. The molecule has 0 unspecified atom stereocenters. The summed E-state index contributed by atoms with van der Waals surface area (Å²) >= 11 is 1.61. The zero-order chi connectivity index (χ0) is 17.1. The molecule has 1 aromatic carbocycles. The Morgan fingerprint density at radius 2 is 1.96 bits per heavy atom. The van der Waals surface area contributed by atoms with E-state index in [1.54, 1.807) is 25.9 Å². The number of amides is 2. The van der Waals surface area contributed by atoms with Crippen LogP contribution in [0.3, 0.4) is 0 Å². The normalized spacial score (nSPS) is 11.6. The lowest BCUT2D eigenvalue weighted by atomic mass is 10.2. The average Bonchev–Trinajstić information content (AvgIpc) is 2.53. The zero-order valence-corrected chi connectivity index (χ0v) is 14.9. The number of hydrogen-bond donors (Lipinski definition) is 1. The minimum absolute atomic E-state index is 0.0162. The molecule has 0 aliphatic carbocycles. The smallest absolute Gasteiger partial charge is 0.407 e. The number of alkyl carbamates (subject to hydrolysis) is 1. The van der Waals surface area contributed by atoms with Gasteiger partial charge in [0, 0.05) is 31.2 Å². The van der Waals surface area contributed by atoms with Crippen LogP contribution >= 0.6 is 11.8 Å². The van der Waals surface area contributed by atoms with Gasteiger partial charge >= 0.3 is 6.09 Å². The highest BCUT2D eigenvalue weighted by Crippen LogP contribution is 2.19. The lowest BCUT2D eigenvalue weighted by Gasteiger charge is -2.20. The topological polar surface area (TPSA) is 58.6 Å². The van der Waals surface area contributed by atoms with Crippen LogP contribution in [0.5, 0.6) is 0 Å². The Morgan fingerprint density at radius 1 is 1.26 bits per heavy atom. The van der Waals surface area contributed by atoms with Gasteiger partial charge in [0.15, 0.2) is 0 Å². The van der Waals surface area contributed by atoms with Crippen LogP contribution in [-0.4, -0.2) is 49.4 Å². The summed E-state index contributed by atoms with van der Waals surface area (Å²) in [6, 6.07) is 9.65. The number of nitrogens with one attached hydrogen (secondary N) is 1. The molecule has 0 aliphatic heterocycles. The predicted molar refractivity (Wildman–Crippen MR) is 93.7 cm³/mol. The van der Waals surface area contributed by atoms with Crippen LogP contribution in [0.15, 0.2) is 35.2 Å². The highest BCUT2D eigenvalue weighted by Gasteiger charge is 2.18. The summed E-state index contributed by atoms with van der Waals surface area (Å²) in [6.45, 7) is 2.44. The number of rotatable bonds is 9. The Hall–Kier alpha value is -1.69. The fourth-order valence-electron chi connectivity index (χ4n) is 1.78. The Balaban J connectivity index is 2.54. The van der Waals surface area contributed by atoms with Gasteiger partial charge in [0.1, 0.15) is 0 Å². The highest BCUT2D eigenvalue weighted by molar-refractivity contribution is 7.99. The molecule has 0 radical (unpaired) electrons. The number of unbranched alkanes of at least 4 members (excludes halogenated alkanes) is 1. The molecule has 6 heteroatoms. The van der Waals surface area contributed by atoms with Gasteiger partial charge in [-0.05, 0) is 18.6 Å². The summed E-state index contributed by atoms with van der Waals surface area (Å²) in [6.07, 6.45) is 1.62. The third kappa shape index (κ3) is 8.50. The minimum Gasteiger partial charge on any atom is -0.450 e. The Labute approximate surface area is 142 Å². The van der Waals surface area contributed by atoms with Gasteiger partial charge in [0.05, 0.1) is 12.6 Å². The molecule has 1 rings (SSSR count). The lowest BCUT2D eigenvalue weighted by molar-refractivity contribution is -0.129. The Morgan fingerprint density at radius 3 is 2.57 bits per heavy atom. The van der Waals surface area contributed by atoms with Crippen molar-refractivity contribution in [2.75, 3.05) is 26.5 Å². The molecule has 23 heavy (non-hydrogen) atoms. The van der Waals surface area contributed by atoms with Crippen molar-refractivity contribution in [3.63, 3.8) is 0 Å². The van der Waals surface area contributed by atoms with Gasteiger partial charge < -0.3 is 15.0 Å². The first-order chi connectivity index (χ1) is 11.0. The molecule has 1 atom stereocenters. The summed E-state index contributed by atoms with van der Waals surface area (Å²) < 4.78 is 5.12. The first-order valence-corrected chi connectivity index (χ1v) is 8.82. The van der Waals surface area contributed by atoms with Crippen molar-refractivity contribution in [1.29, 1.82) is 0 Å². The Kier molecular flexibility index (Phi) is 9.21. The van der Waals surface area contributed by atoms with Gasteiger partial charge in [0.2, 0.25) is 5.91 Å². The van der Waals surface area contributed by atoms with Crippen molar-refractivity contribution in [2.45, 2.75) is 37.1 Å². The van der Waals surface area contributed by atoms with Crippen LogP contribution in [0, 0.1) is 0 Å². The Bertz CT molecular complexity index is 480. The van der Waals surface area contributed by atoms with Gasteiger partial charge in [-0.25, -0.2) is 4.79 Å². The molecule has 0 aromatic heterocycles. The maximum absolute atomic E-state index is 11.9. The SMILES string of the molecule is CCCCOC(=O)N[C@@H](CSc1ccccc1)CC(=O)N(C)C. The second-order valence-electron chi connectivity index (χ2n) is 5.45. The second kappa shape index (κ2) is 10.9. The lowest BCUT2D eigenvalue weighted by Crippen LogP contribution is -2.40. The molecule has 1 N–H and O–H groups in total. The largest absolute Gasteiger partial charge is 0.450 e. The molecule has 0 fully saturated rings. The minimum atomic E-state index is -0.455. The summed E-state index contributed by atoms with van der Waals surface area (Å²) in [5, 5.41) is 2.80. The third-order valence-corrected chi connectivity index (χ3v) is 4.34. The molecule has 0 saturated heterocycles. The maximum atomic E-state index is 11.9. The molecule has 128 valence electrons.